The van der Waals surface area contributed by atoms with Crippen molar-refractivity contribution >= 4 is 19.8 Å². The fourth-order valence-corrected chi connectivity index (χ4v) is 9.83. The van der Waals surface area contributed by atoms with Crippen LogP contribution in [0.3, 0.4) is 0 Å². The minimum absolute atomic E-state index is 0.0998. The first-order valence-electron chi connectivity index (χ1n) is 27.5. The summed E-state index contributed by atoms with van der Waals surface area (Å²) in [4.78, 5) is 35.9. The third kappa shape index (κ3) is 35.4. The maximum absolute atomic E-state index is 12.9. The van der Waals surface area contributed by atoms with Gasteiger partial charge in [-0.05, 0) is 25.7 Å². The van der Waals surface area contributed by atoms with Crippen molar-refractivity contribution in [2.24, 2.45) is 0 Å². The molecule has 13 nitrogen and oxygen atoms in total. The Kier molecular flexibility index (Phi) is 41.2. The van der Waals surface area contributed by atoms with Gasteiger partial charge >= 0.3 is 19.8 Å². The minimum Gasteiger partial charge on any atom is -0.462 e. The van der Waals surface area contributed by atoms with Crippen molar-refractivity contribution < 1.29 is 63.1 Å². The van der Waals surface area contributed by atoms with Gasteiger partial charge in [0.05, 0.1) is 6.61 Å². The molecule has 0 radical (unpaired) electrons. The van der Waals surface area contributed by atoms with Crippen molar-refractivity contribution in [2.45, 2.75) is 300 Å². The summed E-state index contributed by atoms with van der Waals surface area (Å²) in [5.41, 5.74) is 0. The third-order valence-electron chi connectivity index (χ3n) is 13.3. The summed E-state index contributed by atoms with van der Waals surface area (Å²) >= 11 is 0. The summed E-state index contributed by atoms with van der Waals surface area (Å²) in [7, 11) is -5.12. The second-order valence-corrected chi connectivity index (χ2v) is 20.9. The summed E-state index contributed by atoms with van der Waals surface area (Å²) in [5, 5.41) is 50.3. The molecule has 6 unspecified atom stereocenters. The van der Waals surface area contributed by atoms with Crippen LogP contribution in [-0.4, -0.2) is 98.3 Å². The summed E-state index contributed by atoms with van der Waals surface area (Å²) in [5.74, 6) is -1.08. The standard InChI is InChI=1S/C53H101O13P/c1-3-5-7-9-11-13-15-17-19-20-21-22-23-24-25-26-28-29-31-33-35-37-39-41-46(54)63-43-45(44-64-67(61,62)66-53-51(59)49(57)48(56)50(58)52(53)60)65-47(55)42-40-38-36-34-32-30-27-18-16-14-12-10-8-6-4-2/h4,45,48-53,56-60H,2-3,5-44H2,1H3,(H,61,62)/t45-,48?,49-,50?,51?,52?,53?/m0/s1. The van der Waals surface area contributed by atoms with Gasteiger partial charge in [-0.25, -0.2) is 4.57 Å². The highest BCUT2D eigenvalue weighted by Crippen LogP contribution is 2.47. The molecule has 14 heteroatoms. The van der Waals surface area contributed by atoms with Crippen LogP contribution in [0.25, 0.3) is 0 Å². The number of ether oxygens (including phenoxy) is 2. The van der Waals surface area contributed by atoms with Gasteiger partial charge in [-0.15, -0.1) is 6.58 Å². The number of esters is 2. The smallest absolute Gasteiger partial charge is 0.462 e. The van der Waals surface area contributed by atoms with E-state index in [0.29, 0.717) is 12.8 Å². The minimum atomic E-state index is -5.12. The topological polar surface area (TPSA) is 210 Å². The Morgan fingerprint density at radius 1 is 0.478 bits per heavy atom. The van der Waals surface area contributed by atoms with E-state index in [9.17, 15) is 44.6 Å². The molecule has 0 spiro atoms. The zero-order valence-corrected chi connectivity index (χ0v) is 43.2. The Bertz CT molecular complexity index is 1210. The average Bonchev–Trinajstić information content (AvgIpc) is 3.31. The van der Waals surface area contributed by atoms with E-state index in [1.807, 2.05) is 6.08 Å². The lowest BCUT2D eigenvalue weighted by Gasteiger charge is -2.41. The number of hydrogen-bond donors (Lipinski definition) is 6. The predicted octanol–water partition coefficient (Wildman–Crippen LogP) is 12.2. The number of phosphoric acid groups is 1. The molecule has 67 heavy (non-hydrogen) atoms. The first-order valence-corrected chi connectivity index (χ1v) is 28.9. The van der Waals surface area contributed by atoms with Crippen LogP contribution in [0.4, 0.5) is 0 Å². The third-order valence-corrected chi connectivity index (χ3v) is 14.2. The van der Waals surface area contributed by atoms with Crippen molar-refractivity contribution in [3.63, 3.8) is 0 Å². The van der Waals surface area contributed by atoms with Gasteiger partial charge < -0.3 is 39.9 Å². The maximum Gasteiger partial charge on any atom is 0.472 e. The monoisotopic (exact) mass is 977 g/mol. The first kappa shape index (κ1) is 63.6. The molecule has 1 rings (SSSR count). The van der Waals surface area contributed by atoms with E-state index in [4.69, 9.17) is 18.5 Å². The average molecular weight is 977 g/mol. The van der Waals surface area contributed by atoms with E-state index in [1.165, 1.54) is 173 Å². The van der Waals surface area contributed by atoms with E-state index in [2.05, 4.69) is 13.5 Å². The van der Waals surface area contributed by atoms with Gasteiger partial charge in [-0.1, -0.05) is 225 Å². The summed E-state index contributed by atoms with van der Waals surface area (Å²) in [6.07, 6.45) is 34.4. The van der Waals surface area contributed by atoms with Crippen LogP contribution in [0.5, 0.6) is 0 Å². The molecule has 6 N–H and O–H groups in total. The van der Waals surface area contributed by atoms with E-state index in [0.717, 1.165) is 51.4 Å². The number of aliphatic hydroxyl groups is 5. The van der Waals surface area contributed by atoms with Crippen molar-refractivity contribution in [2.75, 3.05) is 13.2 Å². The first-order chi connectivity index (χ1) is 32.4. The lowest BCUT2D eigenvalue weighted by atomic mass is 9.85. The van der Waals surface area contributed by atoms with Crippen molar-refractivity contribution in [3.8, 4) is 0 Å². The van der Waals surface area contributed by atoms with E-state index < -0.39 is 75.7 Å². The number of aliphatic hydroxyl groups excluding tert-OH is 5. The van der Waals surface area contributed by atoms with Crippen LogP contribution in [0, 0.1) is 0 Å². The molecule has 8 atom stereocenters. The lowest BCUT2D eigenvalue weighted by Crippen LogP contribution is -2.64. The zero-order valence-electron chi connectivity index (χ0n) is 42.3. The highest BCUT2D eigenvalue weighted by atomic mass is 31.2. The summed E-state index contributed by atoms with van der Waals surface area (Å²) in [6.45, 7) is 4.88. The SMILES string of the molecule is C=CCCCCCCCCCCCCCCCC(=O)O[C@@H](COC(=O)CCCCCCCCCCCCCCCCCCCCCCCCC)COP(=O)(O)OC1C(O)C(O)C(O)[C@H](O)C1O. The molecule has 0 heterocycles. The molecule has 396 valence electrons. The molecule has 1 saturated carbocycles. The molecule has 1 fully saturated rings. The molecule has 1 aliphatic rings. The van der Waals surface area contributed by atoms with Gasteiger partial charge in [0.25, 0.3) is 0 Å². The van der Waals surface area contributed by atoms with Gasteiger partial charge in [0.15, 0.2) is 6.10 Å². The Morgan fingerprint density at radius 3 is 1.15 bits per heavy atom. The fraction of sp³-hybridized carbons (Fsp3) is 0.925. The second kappa shape index (κ2) is 43.4. The van der Waals surface area contributed by atoms with Crippen molar-refractivity contribution in [1.82, 2.24) is 0 Å². The van der Waals surface area contributed by atoms with Gasteiger partial charge in [0.2, 0.25) is 0 Å². The highest BCUT2D eigenvalue weighted by molar-refractivity contribution is 7.47. The maximum atomic E-state index is 12.9. The molecule has 0 amide bonds. The van der Waals surface area contributed by atoms with Crippen LogP contribution < -0.4 is 0 Å². The molecule has 0 bridgehead atoms. The Hall–Kier alpha value is -1.41. The van der Waals surface area contributed by atoms with E-state index >= 15 is 0 Å². The Labute approximate surface area is 407 Å². The van der Waals surface area contributed by atoms with Gasteiger partial charge in [0, 0.05) is 12.8 Å². The van der Waals surface area contributed by atoms with E-state index in [-0.39, 0.29) is 12.8 Å². The number of carbonyl (C=O) groups is 2. The largest absolute Gasteiger partial charge is 0.472 e. The molecule has 0 aromatic rings. The van der Waals surface area contributed by atoms with E-state index in [1.54, 1.807) is 0 Å². The lowest BCUT2D eigenvalue weighted by molar-refractivity contribution is -0.220. The van der Waals surface area contributed by atoms with Gasteiger partial charge in [-0.2, -0.15) is 0 Å². The molecular weight excluding hydrogens is 876 g/mol. The highest BCUT2D eigenvalue weighted by Gasteiger charge is 2.51. The van der Waals surface area contributed by atoms with Crippen LogP contribution in [-0.2, 0) is 32.7 Å². The normalized spacial score (nSPS) is 20.9. The predicted molar refractivity (Wildman–Crippen MR) is 267 cm³/mol. The number of rotatable bonds is 48. The van der Waals surface area contributed by atoms with Crippen molar-refractivity contribution in [3.05, 3.63) is 12.7 Å². The van der Waals surface area contributed by atoms with Crippen LogP contribution >= 0.6 is 7.82 Å². The molecule has 0 aromatic carbocycles. The number of phosphoric ester groups is 1. The molecule has 0 saturated heterocycles. The molecule has 1 aliphatic carbocycles. The molecular formula is C53H101O13P. The number of hydrogen-bond acceptors (Lipinski definition) is 12. The summed E-state index contributed by atoms with van der Waals surface area (Å²) in [6, 6.07) is 0. The number of carbonyl (C=O) groups excluding carboxylic acids is 2. The number of allylic oxidation sites excluding steroid dienone is 1. The molecule has 0 aromatic heterocycles. The quantitative estimate of drug-likeness (QED) is 0.0145. The summed E-state index contributed by atoms with van der Waals surface area (Å²) < 4.78 is 33.7. The molecule has 0 aliphatic heterocycles. The van der Waals surface area contributed by atoms with Crippen molar-refractivity contribution in [1.29, 1.82) is 0 Å². The van der Waals surface area contributed by atoms with Gasteiger partial charge in [-0.3, -0.25) is 18.6 Å². The fourth-order valence-electron chi connectivity index (χ4n) is 8.86. The zero-order chi connectivity index (χ0) is 49.2. The van der Waals surface area contributed by atoms with Crippen LogP contribution in [0.15, 0.2) is 12.7 Å². The Balaban J connectivity index is 2.31. The number of unbranched alkanes of at least 4 members (excludes halogenated alkanes) is 35. The van der Waals surface area contributed by atoms with Crippen LogP contribution in [0.1, 0.15) is 257 Å². The van der Waals surface area contributed by atoms with Crippen LogP contribution in [0.2, 0.25) is 0 Å². The Morgan fingerprint density at radius 2 is 0.791 bits per heavy atom. The second-order valence-electron chi connectivity index (χ2n) is 19.5. The van der Waals surface area contributed by atoms with Gasteiger partial charge in [0.1, 0.15) is 43.2 Å².